The number of phenolic OH excluding ortho intramolecular Hbond substituents is 1. The molecular formula is C16H20INO. The van der Waals surface area contributed by atoms with Crippen molar-refractivity contribution < 1.29 is 33.7 Å². The van der Waals surface area contributed by atoms with Crippen LogP contribution in [-0.4, -0.2) is 5.11 Å². The van der Waals surface area contributed by atoms with E-state index in [2.05, 4.69) is 38.4 Å². The Hall–Kier alpha value is -1.10. The Morgan fingerprint density at radius 1 is 1.00 bits per heavy atom. The van der Waals surface area contributed by atoms with Crippen molar-refractivity contribution in [3.8, 4) is 16.9 Å². The molecule has 0 unspecified atom stereocenters. The first-order valence-electron chi connectivity index (χ1n) is 6.46. The SMILES string of the molecule is CCc1cc(O)cc(CC)c1-c1cc[n+](C)cc1.[I-]. The molecule has 0 saturated heterocycles. The molecule has 0 spiro atoms. The lowest BCUT2D eigenvalue weighted by atomic mass is 9.92. The number of rotatable bonds is 3. The summed E-state index contributed by atoms with van der Waals surface area (Å²) >= 11 is 0. The third-order valence-corrected chi connectivity index (χ3v) is 3.32. The minimum absolute atomic E-state index is 0. The smallest absolute Gasteiger partial charge is 0.169 e. The van der Waals surface area contributed by atoms with E-state index < -0.39 is 0 Å². The molecule has 2 rings (SSSR count). The monoisotopic (exact) mass is 369 g/mol. The zero-order chi connectivity index (χ0) is 13.1. The third-order valence-electron chi connectivity index (χ3n) is 3.32. The van der Waals surface area contributed by atoms with Crippen molar-refractivity contribution in [2.45, 2.75) is 26.7 Å². The molecule has 1 aromatic carbocycles. The average molecular weight is 369 g/mol. The lowest BCUT2D eigenvalue weighted by Gasteiger charge is -2.13. The number of phenols is 1. The maximum absolute atomic E-state index is 9.77. The van der Waals surface area contributed by atoms with E-state index >= 15 is 0 Å². The molecule has 2 nitrogen and oxygen atoms in total. The second-order valence-corrected chi connectivity index (χ2v) is 4.60. The fourth-order valence-corrected chi connectivity index (χ4v) is 2.35. The second-order valence-electron chi connectivity index (χ2n) is 4.60. The van der Waals surface area contributed by atoms with Crippen molar-refractivity contribution in [2.75, 3.05) is 0 Å². The third kappa shape index (κ3) is 3.47. The van der Waals surface area contributed by atoms with Crippen LogP contribution in [0, 0.1) is 0 Å². The molecule has 0 aliphatic carbocycles. The lowest BCUT2D eigenvalue weighted by molar-refractivity contribution is -0.671. The Kier molecular flexibility index (Phi) is 5.79. The van der Waals surface area contributed by atoms with Crippen LogP contribution >= 0.6 is 0 Å². The predicted molar refractivity (Wildman–Crippen MR) is 73.5 cm³/mol. The van der Waals surface area contributed by atoms with Gasteiger partial charge < -0.3 is 29.1 Å². The van der Waals surface area contributed by atoms with Crippen molar-refractivity contribution in [3.05, 3.63) is 47.8 Å². The van der Waals surface area contributed by atoms with Crippen molar-refractivity contribution in [2.24, 2.45) is 7.05 Å². The molecule has 0 atom stereocenters. The minimum Gasteiger partial charge on any atom is -1.00 e. The molecule has 1 aromatic heterocycles. The molecule has 1 heterocycles. The number of aromatic hydroxyl groups is 1. The minimum atomic E-state index is 0. The van der Waals surface area contributed by atoms with Crippen LogP contribution in [0.15, 0.2) is 36.7 Å². The fraction of sp³-hybridized carbons (Fsp3) is 0.312. The standard InChI is InChI=1S/C16H19NO.HI/c1-4-12-10-15(18)11-13(5-2)16(12)14-6-8-17(3)9-7-14;/h6-11H,4-5H2,1-3H3;1H. The summed E-state index contributed by atoms with van der Waals surface area (Å²) in [5.41, 5.74) is 4.92. The number of aryl methyl sites for hydroxylation is 3. The second kappa shape index (κ2) is 6.89. The Morgan fingerprint density at radius 2 is 1.47 bits per heavy atom. The predicted octanol–water partition coefficient (Wildman–Crippen LogP) is 0.0125. The first-order valence-corrected chi connectivity index (χ1v) is 6.46. The van der Waals surface area contributed by atoms with Crippen LogP contribution < -0.4 is 28.5 Å². The van der Waals surface area contributed by atoms with Gasteiger partial charge in [0.2, 0.25) is 0 Å². The summed E-state index contributed by atoms with van der Waals surface area (Å²) in [7, 11) is 2.02. The summed E-state index contributed by atoms with van der Waals surface area (Å²) in [6.07, 6.45) is 5.97. The molecule has 0 saturated carbocycles. The molecule has 0 bridgehead atoms. The molecule has 0 aliphatic heterocycles. The van der Waals surface area contributed by atoms with Gasteiger partial charge in [-0.1, -0.05) is 13.8 Å². The van der Waals surface area contributed by atoms with Crippen molar-refractivity contribution >= 4 is 0 Å². The van der Waals surface area contributed by atoms with Crippen LogP contribution in [0.1, 0.15) is 25.0 Å². The zero-order valence-corrected chi connectivity index (χ0v) is 13.8. The maximum atomic E-state index is 9.77. The van der Waals surface area contributed by atoms with E-state index in [-0.39, 0.29) is 24.0 Å². The van der Waals surface area contributed by atoms with E-state index in [1.165, 1.54) is 22.3 Å². The fourth-order valence-electron chi connectivity index (χ4n) is 2.35. The quantitative estimate of drug-likeness (QED) is 0.599. The van der Waals surface area contributed by atoms with E-state index in [9.17, 15) is 5.11 Å². The van der Waals surface area contributed by atoms with Crippen LogP contribution in [-0.2, 0) is 19.9 Å². The van der Waals surface area contributed by atoms with Crippen LogP contribution in [0.25, 0.3) is 11.1 Å². The highest BCUT2D eigenvalue weighted by molar-refractivity contribution is 5.71. The van der Waals surface area contributed by atoms with Gasteiger partial charge in [0, 0.05) is 12.1 Å². The van der Waals surface area contributed by atoms with Crippen LogP contribution in [0.5, 0.6) is 5.75 Å². The maximum Gasteiger partial charge on any atom is 0.169 e. The van der Waals surface area contributed by atoms with Gasteiger partial charge in [-0.25, -0.2) is 4.57 Å². The van der Waals surface area contributed by atoms with E-state index in [1.54, 1.807) is 0 Å². The molecule has 1 N–H and O–H groups in total. The Labute approximate surface area is 132 Å². The highest BCUT2D eigenvalue weighted by Gasteiger charge is 2.11. The number of hydrogen-bond donors (Lipinski definition) is 1. The summed E-state index contributed by atoms with van der Waals surface area (Å²) in [4.78, 5) is 0. The molecule has 2 aromatic rings. The molecule has 19 heavy (non-hydrogen) atoms. The summed E-state index contributed by atoms with van der Waals surface area (Å²) in [5, 5.41) is 9.77. The zero-order valence-electron chi connectivity index (χ0n) is 11.7. The van der Waals surface area contributed by atoms with Crippen LogP contribution in [0.4, 0.5) is 0 Å². The summed E-state index contributed by atoms with van der Waals surface area (Å²) in [6.45, 7) is 4.25. The number of aromatic nitrogens is 1. The molecule has 0 amide bonds. The molecule has 0 radical (unpaired) electrons. The van der Waals surface area contributed by atoms with Crippen LogP contribution in [0.3, 0.4) is 0 Å². The highest BCUT2D eigenvalue weighted by Crippen LogP contribution is 2.31. The van der Waals surface area contributed by atoms with Crippen molar-refractivity contribution in [3.63, 3.8) is 0 Å². The normalized spacial score (nSPS) is 10.1. The van der Waals surface area contributed by atoms with Gasteiger partial charge in [-0.3, -0.25) is 0 Å². The Morgan fingerprint density at radius 3 is 1.89 bits per heavy atom. The number of benzene rings is 1. The molecular weight excluding hydrogens is 349 g/mol. The molecule has 102 valence electrons. The average Bonchev–Trinajstić information content (AvgIpc) is 2.39. The van der Waals surface area contributed by atoms with Gasteiger partial charge >= 0.3 is 0 Å². The summed E-state index contributed by atoms with van der Waals surface area (Å²) in [5.74, 6) is 0.369. The highest BCUT2D eigenvalue weighted by atomic mass is 127. The summed E-state index contributed by atoms with van der Waals surface area (Å²) < 4.78 is 2.03. The van der Waals surface area contributed by atoms with Gasteiger partial charge in [-0.15, -0.1) is 0 Å². The first-order chi connectivity index (χ1) is 8.65. The van der Waals surface area contributed by atoms with Gasteiger partial charge in [-0.2, -0.15) is 0 Å². The van der Waals surface area contributed by atoms with Gasteiger partial charge in [0.25, 0.3) is 0 Å². The largest absolute Gasteiger partial charge is 1.00 e. The van der Waals surface area contributed by atoms with Crippen molar-refractivity contribution in [1.82, 2.24) is 0 Å². The van der Waals surface area contributed by atoms with Gasteiger partial charge in [0.1, 0.15) is 12.8 Å². The number of pyridine rings is 1. The van der Waals surface area contributed by atoms with Crippen molar-refractivity contribution in [1.29, 1.82) is 0 Å². The van der Waals surface area contributed by atoms with E-state index in [0.717, 1.165) is 12.8 Å². The van der Waals surface area contributed by atoms with E-state index in [4.69, 9.17) is 0 Å². The van der Waals surface area contributed by atoms with Gasteiger partial charge in [0.15, 0.2) is 12.4 Å². The number of hydrogen-bond acceptors (Lipinski definition) is 1. The number of nitrogens with zero attached hydrogens (tertiary/aromatic N) is 1. The number of halogens is 1. The van der Waals surface area contributed by atoms with E-state index in [0.29, 0.717) is 5.75 Å². The van der Waals surface area contributed by atoms with Gasteiger partial charge in [-0.05, 0) is 47.2 Å². The molecule has 3 heteroatoms. The topological polar surface area (TPSA) is 24.1 Å². The van der Waals surface area contributed by atoms with E-state index in [1.807, 2.05) is 23.7 Å². The summed E-state index contributed by atoms with van der Waals surface area (Å²) in [6, 6.07) is 8.01. The van der Waals surface area contributed by atoms with Gasteiger partial charge in [0.05, 0.1) is 0 Å². The molecule has 0 fully saturated rings. The Balaban J connectivity index is 0.00000180. The first kappa shape index (κ1) is 16.0. The van der Waals surface area contributed by atoms with Crippen LogP contribution in [0.2, 0.25) is 0 Å². The Bertz CT molecular complexity index is 524. The molecule has 0 aliphatic rings. The lowest BCUT2D eigenvalue weighted by Crippen LogP contribution is -3.00.